The Morgan fingerprint density at radius 1 is 1.18 bits per heavy atom. The Morgan fingerprint density at radius 2 is 1.82 bits per heavy atom. The zero-order chi connectivity index (χ0) is 12.8. The number of nitrogens with zero attached hydrogens (tertiary/aromatic N) is 1. The molecule has 1 aromatic rings. The van der Waals surface area contributed by atoms with E-state index in [1.807, 2.05) is 0 Å². The van der Waals surface area contributed by atoms with E-state index < -0.39 is 0 Å². The lowest BCUT2D eigenvalue weighted by Crippen LogP contribution is -2.31. The summed E-state index contributed by atoms with van der Waals surface area (Å²) in [7, 11) is 0. The molecule has 0 radical (unpaired) electrons. The first-order chi connectivity index (χ1) is 8.12. The maximum atomic E-state index is 5.95. The fourth-order valence-electron chi connectivity index (χ4n) is 2.29. The number of hydrogen-bond acceptors (Lipinski definition) is 2. The number of likely N-dealkylation sites (N-methyl/N-ethyl adjacent to an activating group) is 1. The molecule has 1 unspecified atom stereocenters. The van der Waals surface area contributed by atoms with Crippen LogP contribution in [0.15, 0.2) is 18.2 Å². The molecule has 0 saturated heterocycles. The van der Waals surface area contributed by atoms with Gasteiger partial charge in [0.1, 0.15) is 0 Å². The van der Waals surface area contributed by atoms with Crippen LogP contribution in [-0.4, -0.2) is 31.1 Å². The largest absolute Gasteiger partial charge is 0.330 e. The van der Waals surface area contributed by atoms with E-state index in [4.69, 9.17) is 5.73 Å². The molecule has 0 fully saturated rings. The zero-order valence-electron chi connectivity index (χ0n) is 11.7. The lowest BCUT2D eigenvalue weighted by molar-refractivity contribution is 0.284. The molecule has 1 rings (SSSR count). The van der Waals surface area contributed by atoms with Gasteiger partial charge in [0.25, 0.3) is 0 Å². The van der Waals surface area contributed by atoms with Crippen LogP contribution in [0.5, 0.6) is 0 Å². The van der Waals surface area contributed by atoms with Crippen LogP contribution in [0, 0.1) is 13.8 Å². The summed E-state index contributed by atoms with van der Waals surface area (Å²) in [5.41, 5.74) is 10.1. The second-order valence-corrected chi connectivity index (χ2v) is 4.78. The van der Waals surface area contributed by atoms with Crippen molar-refractivity contribution >= 4 is 0 Å². The van der Waals surface area contributed by atoms with Gasteiger partial charge in [-0.2, -0.15) is 0 Å². The van der Waals surface area contributed by atoms with E-state index in [2.05, 4.69) is 50.8 Å². The first kappa shape index (κ1) is 14.2. The third-order valence-corrected chi connectivity index (χ3v) is 3.53. The normalized spacial score (nSPS) is 13.1. The molecule has 0 aliphatic heterocycles. The summed E-state index contributed by atoms with van der Waals surface area (Å²) in [5, 5.41) is 0. The number of hydrogen-bond donors (Lipinski definition) is 1. The van der Waals surface area contributed by atoms with Gasteiger partial charge in [-0.1, -0.05) is 37.6 Å². The van der Waals surface area contributed by atoms with Crippen molar-refractivity contribution in [1.82, 2.24) is 4.90 Å². The molecular formula is C15H26N2. The first-order valence-corrected chi connectivity index (χ1v) is 6.61. The van der Waals surface area contributed by atoms with Crippen LogP contribution in [0.1, 0.15) is 36.5 Å². The van der Waals surface area contributed by atoms with E-state index >= 15 is 0 Å². The highest BCUT2D eigenvalue weighted by molar-refractivity contribution is 5.33. The molecule has 0 aliphatic rings. The summed E-state index contributed by atoms with van der Waals surface area (Å²) in [6, 6.07) is 6.66. The Balaban J connectivity index is 2.89. The molecule has 17 heavy (non-hydrogen) atoms. The standard InChI is InChI=1S/C15H26N2/c1-5-17(6-2)11-14(10-16)15-9-12(3)7-8-13(15)4/h7-9,14H,5-6,10-11,16H2,1-4H3. The average molecular weight is 234 g/mol. The quantitative estimate of drug-likeness (QED) is 0.820. The van der Waals surface area contributed by atoms with E-state index in [1.165, 1.54) is 16.7 Å². The van der Waals surface area contributed by atoms with Crippen molar-refractivity contribution in [2.45, 2.75) is 33.6 Å². The Labute approximate surface area is 106 Å². The number of rotatable bonds is 6. The Hall–Kier alpha value is -0.860. The van der Waals surface area contributed by atoms with Crippen LogP contribution in [0.25, 0.3) is 0 Å². The molecule has 0 heterocycles. The first-order valence-electron chi connectivity index (χ1n) is 6.61. The smallest absolute Gasteiger partial charge is 0.00915 e. The number of benzene rings is 1. The highest BCUT2D eigenvalue weighted by Crippen LogP contribution is 2.21. The van der Waals surface area contributed by atoms with Crippen LogP contribution < -0.4 is 5.73 Å². The number of aryl methyl sites for hydroxylation is 2. The minimum atomic E-state index is 0.454. The second kappa shape index (κ2) is 6.77. The maximum absolute atomic E-state index is 5.95. The monoisotopic (exact) mass is 234 g/mol. The molecule has 2 N–H and O–H groups in total. The molecular weight excluding hydrogens is 208 g/mol. The van der Waals surface area contributed by atoms with Crippen molar-refractivity contribution in [3.63, 3.8) is 0 Å². The van der Waals surface area contributed by atoms with Crippen molar-refractivity contribution in [2.75, 3.05) is 26.2 Å². The van der Waals surface area contributed by atoms with Crippen LogP contribution in [0.2, 0.25) is 0 Å². The SMILES string of the molecule is CCN(CC)CC(CN)c1cc(C)ccc1C. The molecule has 1 aromatic carbocycles. The van der Waals surface area contributed by atoms with Gasteiger partial charge in [0.15, 0.2) is 0 Å². The van der Waals surface area contributed by atoms with E-state index in [9.17, 15) is 0 Å². The van der Waals surface area contributed by atoms with Gasteiger partial charge in [-0.25, -0.2) is 0 Å². The van der Waals surface area contributed by atoms with E-state index in [0.29, 0.717) is 5.92 Å². The van der Waals surface area contributed by atoms with Gasteiger partial charge in [0.05, 0.1) is 0 Å². The molecule has 0 aliphatic carbocycles. The van der Waals surface area contributed by atoms with E-state index in [0.717, 1.165) is 26.2 Å². The third-order valence-electron chi connectivity index (χ3n) is 3.53. The topological polar surface area (TPSA) is 29.3 Å². The predicted octanol–water partition coefficient (Wildman–Crippen LogP) is 2.69. The van der Waals surface area contributed by atoms with Crippen LogP contribution in [0.4, 0.5) is 0 Å². The number of nitrogens with two attached hydrogens (primary N) is 1. The zero-order valence-corrected chi connectivity index (χ0v) is 11.7. The molecule has 0 saturated carbocycles. The van der Waals surface area contributed by atoms with Gasteiger partial charge in [0, 0.05) is 19.0 Å². The van der Waals surface area contributed by atoms with Crippen molar-refractivity contribution < 1.29 is 0 Å². The van der Waals surface area contributed by atoms with Gasteiger partial charge >= 0.3 is 0 Å². The van der Waals surface area contributed by atoms with E-state index in [-0.39, 0.29) is 0 Å². The molecule has 0 bridgehead atoms. The summed E-state index contributed by atoms with van der Waals surface area (Å²) < 4.78 is 0. The summed E-state index contributed by atoms with van der Waals surface area (Å²) in [4.78, 5) is 2.44. The fraction of sp³-hybridized carbons (Fsp3) is 0.600. The lowest BCUT2D eigenvalue weighted by atomic mass is 9.92. The Morgan fingerprint density at radius 3 is 2.35 bits per heavy atom. The highest BCUT2D eigenvalue weighted by atomic mass is 15.1. The van der Waals surface area contributed by atoms with Gasteiger partial charge in [-0.3, -0.25) is 0 Å². The van der Waals surface area contributed by atoms with Crippen molar-refractivity contribution in [3.05, 3.63) is 34.9 Å². The van der Waals surface area contributed by atoms with Crippen LogP contribution in [-0.2, 0) is 0 Å². The summed E-state index contributed by atoms with van der Waals surface area (Å²) in [6.45, 7) is 12.7. The minimum absolute atomic E-state index is 0.454. The van der Waals surface area contributed by atoms with Crippen molar-refractivity contribution in [3.8, 4) is 0 Å². The van der Waals surface area contributed by atoms with Gasteiger partial charge in [-0.05, 0) is 38.1 Å². The highest BCUT2D eigenvalue weighted by Gasteiger charge is 2.15. The fourth-order valence-corrected chi connectivity index (χ4v) is 2.29. The molecule has 96 valence electrons. The average Bonchev–Trinajstić information content (AvgIpc) is 2.34. The second-order valence-electron chi connectivity index (χ2n) is 4.78. The third kappa shape index (κ3) is 3.83. The summed E-state index contributed by atoms with van der Waals surface area (Å²) in [5.74, 6) is 0.454. The molecule has 0 spiro atoms. The predicted molar refractivity (Wildman–Crippen MR) is 75.5 cm³/mol. The van der Waals surface area contributed by atoms with Gasteiger partial charge < -0.3 is 10.6 Å². The van der Waals surface area contributed by atoms with Gasteiger partial charge in [0.2, 0.25) is 0 Å². The van der Waals surface area contributed by atoms with Crippen molar-refractivity contribution in [2.24, 2.45) is 5.73 Å². The molecule has 2 nitrogen and oxygen atoms in total. The summed E-state index contributed by atoms with van der Waals surface area (Å²) >= 11 is 0. The molecule has 1 atom stereocenters. The van der Waals surface area contributed by atoms with Crippen molar-refractivity contribution in [1.29, 1.82) is 0 Å². The Bertz CT molecular complexity index is 343. The van der Waals surface area contributed by atoms with Crippen LogP contribution in [0.3, 0.4) is 0 Å². The minimum Gasteiger partial charge on any atom is -0.330 e. The molecule has 2 heteroatoms. The molecule has 0 amide bonds. The lowest BCUT2D eigenvalue weighted by Gasteiger charge is -2.26. The Kier molecular flexibility index (Phi) is 5.66. The van der Waals surface area contributed by atoms with Crippen LogP contribution >= 0.6 is 0 Å². The van der Waals surface area contributed by atoms with Gasteiger partial charge in [-0.15, -0.1) is 0 Å². The molecule has 0 aromatic heterocycles. The van der Waals surface area contributed by atoms with E-state index in [1.54, 1.807) is 0 Å². The summed E-state index contributed by atoms with van der Waals surface area (Å²) in [6.07, 6.45) is 0. The maximum Gasteiger partial charge on any atom is 0.00915 e.